The van der Waals surface area contributed by atoms with Crippen LogP contribution in [0.4, 0.5) is 0 Å². The van der Waals surface area contributed by atoms with Gasteiger partial charge in [-0.15, -0.1) is 0 Å². The number of hydrogen-bond acceptors (Lipinski definition) is 4. The van der Waals surface area contributed by atoms with Crippen molar-refractivity contribution in [1.82, 2.24) is 4.72 Å². The molecule has 1 saturated heterocycles. The van der Waals surface area contributed by atoms with Gasteiger partial charge in [0.25, 0.3) is 0 Å². The van der Waals surface area contributed by atoms with E-state index in [2.05, 4.69) is 8.91 Å². The largest absolute Gasteiger partial charge is 0.480 e. The number of hydrogen-bond donors (Lipinski definition) is 2. The summed E-state index contributed by atoms with van der Waals surface area (Å²) in [5.74, 6) is -0.866. The smallest absolute Gasteiger partial charge is 0.324 e. The van der Waals surface area contributed by atoms with Gasteiger partial charge in [-0.25, -0.2) is 4.72 Å². The van der Waals surface area contributed by atoms with Gasteiger partial charge in [0.15, 0.2) is 0 Å². The molecule has 0 aromatic carbocycles. The molecule has 1 rings (SSSR count). The van der Waals surface area contributed by atoms with Gasteiger partial charge in [-0.3, -0.25) is 8.98 Å². The Hall–Kier alpha value is -0.260. The Morgan fingerprint density at radius 2 is 2.75 bits per heavy atom. The standard InChI is InChI=1S/C3H5NO3S/c5-3(6)2-1-7-8-4-2/h2,4H,1H2,(H,5,6). The first-order chi connectivity index (χ1) is 3.80. The van der Waals surface area contributed by atoms with Crippen LogP contribution >= 0.6 is 12.2 Å². The lowest BCUT2D eigenvalue weighted by Crippen LogP contribution is -2.29. The lowest BCUT2D eigenvalue weighted by molar-refractivity contribution is -0.139. The van der Waals surface area contributed by atoms with Gasteiger partial charge in [0.1, 0.15) is 6.04 Å². The lowest BCUT2D eigenvalue weighted by atomic mass is 10.3. The van der Waals surface area contributed by atoms with E-state index in [4.69, 9.17) is 5.11 Å². The lowest BCUT2D eigenvalue weighted by Gasteiger charge is -1.95. The van der Waals surface area contributed by atoms with Gasteiger partial charge in [0.2, 0.25) is 0 Å². The second-order valence-corrected chi connectivity index (χ2v) is 2.01. The van der Waals surface area contributed by atoms with Crippen LogP contribution in [0.15, 0.2) is 0 Å². The quantitative estimate of drug-likeness (QED) is 0.379. The van der Waals surface area contributed by atoms with Crippen LogP contribution in [0.1, 0.15) is 0 Å². The van der Waals surface area contributed by atoms with E-state index in [1.807, 2.05) is 0 Å². The van der Waals surface area contributed by atoms with Crippen LogP contribution in [-0.4, -0.2) is 23.7 Å². The van der Waals surface area contributed by atoms with Crippen molar-refractivity contribution >= 4 is 18.2 Å². The number of aliphatic carboxylic acids is 1. The fourth-order valence-electron chi connectivity index (χ4n) is 0.350. The van der Waals surface area contributed by atoms with Crippen molar-refractivity contribution in [2.75, 3.05) is 6.61 Å². The number of carboxylic acids is 1. The topological polar surface area (TPSA) is 58.6 Å². The van der Waals surface area contributed by atoms with E-state index in [-0.39, 0.29) is 6.61 Å². The van der Waals surface area contributed by atoms with Crippen LogP contribution in [0.5, 0.6) is 0 Å². The van der Waals surface area contributed by atoms with Gasteiger partial charge in [-0.05, 0) is 0 Å². The predicted molar refractivity (Wildman–Crippen MR) is 28.1 cm³/mol. The summed E-state index contributed by atoms with van der Waals surface area (Å²) in [4.78, 5) is 10.0. The maximum Gasteiger partial charge on any atom is 0.324 e. The van der Waals surface area contributed by atoms with E-state index in [0.29, 0.717) is 0 Å². The van der Waals surface area contributed by atoms with Crippen molar-refractivity contribution in [2.24, 2.45) is 0 Å². The van der Waals surface area contributed by atoms with Gasteiger partial charge in [0, 0.05) is 0 Å². The summed E-state index contributed by atoms with van der Waals surface area (Å²) in [5.41, 5.74) is 0. The van der Waals surface area contributed by atoms with Crippen LogP contribution in [0, 0.1) is 0 Å². The maximum absolute atomic E-state index is 10.0. The zero-order valence-corrected chi connectivity index (χ0v) is 4.77. The van der Waals surface area contributed by atoms with E-state index < -0.39 is 12.0 Å². The van der Waals surface area contributed by atoms with Crippen molar-refractivity contribution in [3.05, 3.63) is 0 Å². The maximum atomic E-state index is 10.0. The Kier molecular flexibility index (Phi) is 1.72. The molecule has 46 valence electrons. The highest BCUT2D eigenvalue weighted by Gasteiger charge is 2.22. The fraction of sp³-hybridized carbons (Fsp3) is 0.667. The Balaban J connectivity index is 2.35. The van der Waals surface area contributed by atoms with Crippen molar-refractivity contribution in [2.45, 2.75) is 6.04 Å². The van der Waals surface area contributed by atoms with E-state index in [0.717, 1.165) is 12.2 Å². The first-order valence-electron chi connectivity index (χ1n) is 2.07. The highest BCUT2D eigenvalue weighted by molar-refractivity contribution is 7.92. The van der Waals surface area contributed by atoms with E-state index >= 15 is 0 Å². The zero-order chi connectivity index (χ0) is 5.98. The van der Waals surface area contributed by atoms with E-state index in [1.54, 1.807) is 0 Å². The highest BCUT2D eigenvalue weighted by Crippen LogP contribution is 2.08. The third-order valence-corrected chi connectivity index (χ3v) is 1.42. The normalized spacial score (nSPS) is 28.2. The van der Waals surface area contributed by atoms with Crippen molar-refractivity contribution in [3.63, 3.8) is 0 Å². The Morgan fingerprint density at radius 3 is 3.00 bits per heavy atom. The van der Waals surface area contributed by atoms with Crippen LogP contribution in [0.3, 0.4) is 0 Å². The third-order valence-electron chi connectivity index (χ3n) is 0.782. The third kappa shape index (κ3) is 1.12. The summed E-state index contributed by atoms with van der Waals surface area (Å²) in [6, 6.07) is -0.528. The molecule has 1 aliphatic heterocycles. The minimum absolute atomic E-state index is 0.250. The van der Waals surface area contributed by atoms with Crippen molar-refractivity contribution < 1.29 is 14.1 Å². The molecule has 1 fully saturated rings. The van der Waals surface area contributed by atoms with Gasteiger partial charge in [0.05, 0.1) is 18.8 Å². The Bertz CT molecular complexity index is 101. The molecule has 5 heteroatoms. The van der Waals surface area contributed by atoms with Crippen LogP contribution in [-0.2, 0) is 8.98 Å². The summed E-state index contributed by atoms with van der Waals surface area (Å²) in [5, 5.41) is 8.26. The van der Waals surface area contributed by atoms with E-state index in [9.17, 15) is 4.79 Å². The van der Waals surface area contributed by atoms with Crippen LogP contribution < -0.4 is 4.72 Å². The molecule has 1 heterocycles. The monoisotopic (exact) mass is 135 g/mol. The molecular formula is C3H5NO3S. The predicted octanol–water partition coefficient (Wildman–Crippen LogP) is -0.377. The van der Waals surface area contributed by atoms with Crippen LogP contribution in [0.2, 0.25) is 0 Å². The molecule has 1 unspecified atom stereocenters. The zero-order valence-electron chi connectivity index (χ0n) is 3.96. The summed E-state index contributed by atoms with van der Waals surface area (Å²) in [6.45, 7) is 0.250. The molecule has 0 aromatic heterocycles. The Morgan fingerprint density at radius 1 is 2.00 bits per heavy atom. The molecule has 1 aliphatic rings. The molecular weight excluding hydrogens is 130 g/mol. The van der Waals surface area contributed by atoms with Gasteiger partial charge < -0.3 is 5.11 Å². The number of nitrogens with one attached hydrogen (secondary N) is 1. The van der Waals surface area contributed by atoms with Gasteiger partial charge in [-0.1, -0.05) is 0 Å². The molecule has 8 heavy (non-hydrogen) atoms. The molecule has 0 aromatic rings. The first kappa shape index (κ1) is 5.87. The fourth-order valence-corrected chi connectivity index (χ4v) is 0.907. The number of carboxylic acid groups (broad SMARTS) is 1. The summed E-state index contributed by atoms with van der Waals surface area (Å²) in [6.07, 6.45) is 0. The average molecular weight is 135 g/mol. The molecule has 4 nitrogen and oxygen atoms in total. The molecule has 1 atom stereocenters. The molecule has 0 saturated carbocycles. The van der Waals surface area contributed by atoms with Crippen LogP contribution in [0.25, 0.3) is 0 Å². The molecule has 0 radical (unpaired) electrons. The average Bonchev–Trinajstić information content (AvgIpc) is 2.12. The van der Waals surface area contributed by atoms with Crippen molar-refractivity contribution in [3.8, 4) is 0 Å². The molecule has 0 amide bonds. The SMILES string of the molecule is O=C(O)C1COSN1. The molecule has 0 bridgehead atoms. The second-order valence-electron chi connectivity index (χ2n) is 1.38. The van der Waals surface area contributed by atoms with Gasteiger partial charge in [-0.2, -0.15) is 0 Å². The van der Waals surface area contributed by atoms with E-state index in [1.165, 1.54) is 0 Å². The minimum atomic E-state index is -0.866. The Labute approximate surface area is 50.5 Å². The first-order valence-corrected chi connectivity index (χ1v) is 2.81. The van der Waals surface area contributed by atoms with Gasteiger partial charge >= 0.3 is 5.97 Å². The molecule has 0 spiro atoms. The minimum Gasteiger partial charge on any atom is -0.480 e. The second kappa shape index (κ2) is 2.34. The number of carbonyl (C=O) groups is 1. The molecule has 0 aliphatic carbocycles. The highest BCUT2D eigenvalue weighted by atomic mass is 32.2. The number of rotatable bonds is 1. The summed E-state index contributed by atoms with van der Waals surface area (Å²) in [7, 11) is 0. The van der Waals surface area contributed by atoms with Crippen molar-refractivity contribution in [1.29, 1.82) is 0 Å². The summed E-state index contributed by atoms with van der Waals surface area (Å²) < 4.78 is 7.19. The summed E-state index contributed by atoms with van der Waals surface area (Å²) >= 11 is 0.980. The molecule has 2 N–H and O–H groups in total.